The predicted molar refractivity (Wildman–Crippen MR) is 85.3 cm³/mol. The van der Waals surface area contributed by atoms with Crippen LogP contribution in [0.25, 0.3) is 0 Å². The monoisotopic (exact) mass is 307 g/mol. The lowest BCUT2D eigenvalue weighted by Crippen LogP contribution is -2.48. The molecule has 0 aliphatic carbocycles. The molecule has 2 rings (SSSR count). The first-order valence-electron chi connectivity index (χ1n) is 8.01. The van der Waals surface area contributed by atoms with Gasteiger partial charge < -0.3 is 9.64 Å². The first-order chi connectivity index (χ1) is 10.3. The highest BCUT2D eigenvalue weighted by molar-refractivity contribution is 5.79. The van der Waals surface area contributed by atoms with Crippen LogP contribution >= 0.6 is 0 Å². The van der Waals surface area contributed by atoms with Gasteiger partial charge >= 0.3 is 0 Å². The van der Waals surface area contributed by atoms with Crippen LogP contribution in [0.1, 0.15) is 44.7 Å². The molecule has 0 bridgehead atoms. The second-order valence-electron chi connectivity index (χ2n) is 6.69. The summed E-state index contributed by atoms with van der Waals surface area (Å²) >= 11 is 0. The molecule has 1 aliphatic heterocycles. The Morgan fingerprint density at radius 1 is 1.45 bits per heavy atom. The zero-order valence-electron chi connectivity index (χ0n) is 14.0. The van der Waals surface area contributed by atoms with E-state index in [0.717, 1.165) is 18.4 Å². The summed E-state index contributed by atoms with van der Waals surface area (Å²) in [6.07, 6.45) is 2.06. The summed E-state index contributed by atoms with van der Waals surface area (Å²) < 4.78 is 19.1. The Balaban J connectivity index is 2.06. The molecule has 1 heterocycles. The van der Waals surface area contributed by atoms with Gasteiger partial charge in [0.15, 0.2) is 0 Å². The molecule has 22 heavy (non-hydrogen) atoms. The Hall–Kier alpha value is -1.42. The number of aryl methyl sites for hydroxylation is 1. The van der Waals surface area contributed by atoms with E-state index in [0.29, 0.717) is 25.1 Å². The molecule has 1 unspecified atom stereocenters. The second-order valence-corrected chi connectivity index (χ2v) is 6.69. The van der Waals surface area contributed by atoms with Crippen molar-refractivity contribution in [1.29, 1.82) is 0 Å². The topological polar surface area (TPSA) is 29.5 Å². The largest absolute Gasteiger partial charge is 0.375 e. The van der Waals surface area contributed by atoms with Crippen molar-refractivity contribution in [2.24, 2.45) is 0 Å². The minimum Gasteiger partial charge on any atom is -0.375 e. The van der Waals surface area contributed by atoms with Crippen LogP contribution in [0.4, 0.5) is 4.39 Å². The second kappa shape index (κ2) is 6.78. The smallest absolute Gasteiger partial charge is 0.227 e. The quantitative estimate of drug-likeness (QED) is 0.852. The number of rotatable bonds is 4. The van der Waals surface area contributed by atoms with Gasteiger partial charge in [-0.25, -0.2) is 4.39 Å². The summed E-state index contributed by atoms with van der Waals surface area (Å²) in [6, 6.07) is 5.12. The van der Waals surface area contributed by atoms with Crippen molar-refractivity contribution in [3.63, 3.8) is 0 Å². The van der Waals surface area contributed by atoms with Crippen molar-refractivity contribution < 1.29 is 13.9 Å². The number of nitrogens with zero attached hydrogens (tertiary/aromatic N) is 1. The number of carbonyl (C=O) groups excluding carboxylic acids is 1. The molecule has 0 N–H and O–H groups in total. The van der Waals surface area contributed by atoms with Gasteiger partial charge in [0.2, 0.25) is 5.91 Å². The van der Waals surface area contributed by atoms with Crippen LogP contribution < -0.4 is 0 Å². The van der Waals surface area contributed by atoms with Gasteiger partial charge in [-0.05, 0) is 57.7 Å². The van der Waals surface area contributed by atoms with Crippen LogP contribution in [-0.2, 0) is 16.0 Å². The molecular formula is C18H26FNO2. The number of likely N-dealkylation sites (N-methyl/N-ethyl adjacent to an activating group) is 1. The molecule has 0 radical (unpaired) electrons. The third-order valence-corrected chi connectivity index (χ3v) is 4.35. The van der Waals surface area contributed by atoms with E-state index in [1.807, 2.05) is 11.8 Å². The first-order valence-corrected chi connectivity index (χ1v) is 8.01. The van der Waals surface area contributed by atoms with Gasteiger partial charge in [-0.1, -0.05) is 12.1 Å². The highest BCUT2D eigenvalue weighted by atomic mass is 19.1. The SMILES string of the molecule is CCN(C(=O)Cc1ccc(F)c(C)c1)C1CCOC(C)(C)C1. The highest BCUT2D eigenvalue weighted by Gasteiger charge is 2.33. The van der Waals surface area contributed by atoms with Crippen molar-refractivity contribution in [3.8, 4) is 0 Å². The summed E-state index contributed by atoms with van der Waals surface area (Å²) in [5, 5.41) is 0. The lowest BCUT2D eigenvalue weighted by molar-refractivity contribution is -0.139. The molecule has 1 fully saturated rings. The van der Waals surface area contributed by atoms with E-state index in [1.54, 1.807) is 19.1 Å². The molecular weight excluding hydrogens is 281 g/mol. The zero-order chi connectivity index (χ0) is 16.3. The highest BCUT2D eigenvalue weighted by Crippen LogP contribution is 2.27. The van der Waals surface area contributed by atoms with Gasteiger partial charge in [0, 0.05) is 19.2 Å². The molecule has 4 heteroatoms. The normalized spacial score (nSPS) is 20.7. The van der Waals surface area contributed by atoms with E-state index in [1.165, 1.54) is 6.07 Å². The average Bonchev–Trinajstić information content (AvgIpc) is 2.43. The van der Waals surface area contributed by atoms with Gasteiger partial charge in [-0.15, -0.1) is 0 Å². The number of benzene rings is 1. The molecule has 1 saturated heterocycles. The minimum atomic E-state index is -0.227. The zero-order valence-corrected chi connectivity index (χ0v) is 14.0. The Kier molecular flexibility index (Phi) is 5.22. The van der Waals surface area contributed by atoms with Crippen LogP contribution in [0.5, 0.6) is 0 Å². The number of hydrogen-bond donors (Lipinski definition) is 0. The van der Waals surface area contributed by atoms with Crippen molar-refractivity contribution in [2.75, 3.05) is 13.2 Å². The first kappa shape index (κ1) is 16.9. The molecule has 3 nitrogen and oxygen atoms in total. The van der Waals surface area contributed by atoms with Gasteiger partial charge in [0.25, 0.3) is 0 Å². The van der Waals surface area contributed by atoms with Crippen molar-refractivity contribution >= 4 is 5.91 Å². The predicted octanol–water partition coefficient (Wildman–Crippen LogP) is 3.48. The fraction of sp³-hybridized carbons (Fsp3) is 0.611. The lowest BCUT2D eigenvalue weighted by Gasteiger charge is -2.41. The van der Waals surface area contributed by atoms with Gasteiger partial charge in [0.1, 0.15) is 5.82 Å². The maximum absolute atomic E-state index is 13.3. The summed E-state index contributed by atoms with van der Waals surface area (Å²) in [5.41, 5.74) is 1.28. The number of hydrogen-bond acceptors (Lipinski definition) is 2. The van der Waals surface area contributed by atoms with Gasteiger partial charge in [-0.2, -0.15) is 0 Å². The standard InChI is InChI=1S/C18H26FNO2/c1-5-20(15-8-9-22-18(3,4)12-15)17(21)11-14-6-7-16(19)13(2)10-14/h6-7,10,15H,5,8-9,11-12H2,1-4H3. The number of halogens is 1. The molecule has 1 amide bonds. The van der Waals surface area contributed by atoms with E-state index >= 15 is 0 Å². The summed E-state index contributed by atoms with van der Waals surface area (Å²) in [4.78, 5) is 14.6. The molecule has 1 aromatic carbocycles. The van der Waals surface area contributed by atoms with Crippen LogP contribution in [0.2, 0.25) is 0 Å². The number of amides is 1. The molecule has 1 aromatic rings. The van der Waals surface area contributed by atoms with E-state index in [-0.39, 0.29) is 23.4 Å². The van der Waals surface area contributed by atoms with Crippen molar-refractivity contribution in [1.82, 2.24) is 4.90 Å². The average molecular weight is 307 g/mol. The summed E-state index contributed by atoms with van der Waals surface area (Å²) in [6.45, 7) is 9.26. The third kappa shape index (κ3) is 4.07. The molecule has 1 atom stereocenters. The Labute approximate surface area is 132 Å². The van der Waals surface area contributed by atoms with E-state index in [9.17, 15) is 9.18 Å². The fourth-order valence-electron chi connectivity index (χ4n) is 3.20. The Morgan fingerprint density at radius 3 is 2.77 bits per heavy atom. The minimum absolute atomic E-state index is 0.108. The van der Waals surface area contributed by atoms with Crippen LogP contribution in [0.15, 0.2) is 18.2 Å². The van der Waals surface area contributed by atoms with Crippen LogP contribution in [0.3, 0.4) is 0 Å². The molecule has 0 spiro atoms. The molecule has 0 aromatic heterocycles. The number of ether oxygens (including phenoxy) is 1. The maximum Gasteiger partial charge on any atom is 0.227 e. The molecule has 0 saturated carbocycles. The molecule has 1 aliphatic rings. The van der Waals surface area contributed by atoms with E-state index < -0.39 is 0 Å². The number of carbonyl (C=O) groups is 1. The summed E-state index contributed by atoms with van der Waals surface area (Å²) in [5.74, 6) is -0.120. The van der Waals surface area contributed by atoms with Crippen LogP contribution in [-0.4, -0.2) is 35.6 Å². The maximum atomic E-state index is 13.3. The fourth-order valence-corrected chi connectivity index (χ4v) is 3.20. The van der Waals surface area contributed by atoms with Gasteiger partial charge in [-0.3, -0.25) is 4.79 Å². The van der Waals surface area contributed by atoms with E-state index in [4.69, 9.17) is 4.74 Å². The molecule has 122 valence electrons. The lowest BCUT2D eigenvalue weighted by atomic mass is 9.92. The third-order valence-electron chi connectivity index (χ3n) is 4.35. The Bertz CT molecular complexity index is 542. The van der Waals surface area contributed by atoms with Gasteiger partial charge in [0.05, 0.1) is 12.0 Å². The van der Waals surface area contributed by atoms with Crippen molar-refractivity contribution in [3.05, 3.63) is 35.1 Å². The van der Waals surface area contributed by atoms with E-state index in [2.05, 4.69) is 13.8 Å². The van der Waals surface area contributed by atoms with Crippen molar-refractivity contribution in [2.45, 2.75) is 58.6 Å². The Morgan fingerprint density at radius 2 is 2.18 bits per heavy atom. The summed E-state index contributed by atoms with van der Waals surface area (Å²) in [7, 11) is 0. The van der Waals surface area contributed by atoms with Crippen LogP contribution in [0, 0.1) is 12.7 Å².